The molecule has 7 heteroatoms. The fourth-order valence-electron chi connectivity index (χ4n) is 2.65. The number of fused-ring (bicyclic) bond motifs is 1. The average molecular weight is 346 g/mol. The second-order valence-electron chi connectivity index (χ2n) is 5.59. The van der Waals surface area contributed by atoms with Crippen LogP contribution in [-0.2, 0) is 27.8 Å². The first-order valence-corrected chi connectivity index (χ1v) is 8.91. The first-order valence-electron chi connectivity index (χ1n) is 7.43. The summed E-state index contributed by atoms with van der Waals surface area (Å²) in [6.45, 7) is 0.166. The second kappa shape index (κ2) is 6.26. The van der Waals surface area contributed by atoms with E-state index in [0.29, 0.717) is 12.2 Å². The van der Waals surface area contributed by atoms with Gasteiger partial charge in [0.15, 0.2) is 0 Å². The number of hydrogen-bond donors (Lipinski definition) is 1. The van der Waals surface area contributed by atoms with Gasteiger partial charge in [-0.15, -0.1) is 0 Å². The Morgan fingerprint density at radius 3 is 2.54 bits per heavy atom. The molecular formula is C17H18N2O4S. The maximum atomic E-state index is 12.3. The molecule has 0 unspecified atom stereocenters. The monoisotopic (exact) mass is 346 g/mol. The maximum absolute atomic E-state index is 12.3. The van der Waals surface area contributed by atoms with Crippen molar-refractivity contribution in [3.05, 3.63) is 53.6 Å². The molecule has 0 bridgehead atoms. The van der Waals surface area contributed by atoms with Crippen LogP contribution in [0.25, 0.3) is 0 Å². The van der Waals surface area contributed by atoms with Crippen molar-refractivity contribution in [1.29, 1.82) is 0 Å². The first-order chi connectivity index (χ1) is 11.4. The Kier molecular flexibility index (Phi) is 4.29. The molecule has 0 radical (unpaired) electrons. The van der Waals surface area contributed by atoms with E-state index in [1.165, 1.54) is 19.2 Å². The van der Waals surface area contributed by atoms with Gasteiger partial charge in [0, 0.05) is 19.3 Å². The molecule has 1 aliphatic heterocycles. The van der Waals surface area contributed by atoms with E-state index in [1.54, 1.807) is 24.1 Å². The quantitative estimate of drug-likeness (QED) is 0.894. The van der Waals surface area contributed by atoms with Crippen LogP contribution in [0.15, 0.2) is 47.4 Å². The molecule has 1 aliphatic rings. The number of ether oxygens (including phenoxy) is 1. The van der Waals surface area contributed by atoms with E-state index < -0.39 is 10.0 Å². The van der Waals surface area contributed by atoms with Crippen molar-refractivity contribution in [2.24, 2.45) is 0 Å². The van der Waals surface area contributed by atoms with Gasteiger partial charge in [-0.3, -0.25) is 4.79 Å². The molecule has 3 rings (SSSR count). The van der Waals surface area contributed by atoms with E-state index in [-0.39, 0.29) is 17.3 Å². The Bertz CT molecular complexity index is 876. The second-order valence-corrected chi connectivity index (χ2v) is 7.36. The van der Waals surface area contributed by atoms with Crippen LogP contribution in [0.2, 0.25) is 0 Å². The van der Waals surface area contributed by atoms with Crippen molar-refractivity contribution in [3.63, 3.8) is 0 Å². The molecule has 0 fully saturated rings. The van der Waals surface area contributed by atoms with Crippen LogP contribution in [0.3, 0.4) is 0 Å². The number of nitrogens with one attached hydrogen (secondary N) is 1. The Hall–Kier alpha value is -2.38. The molecule has 0 atom stereocenters. The molecular weight excluding hydrogens is 328 g/mol. The van der Waals surface area contributed by atoms with Crippen molar-refractivity contribution in [2.45, 2.75) is 17.9 Å². The van der Waals surface area contributed by atoms with Crippen molar-refractivity contribution in [3.8, 4) is 5.75 Å². The Balaban J connectivity index is 1.73. The molecule has 1 N–H and O–H groups in total. The smallest absolute Gasteiger partial charge is 0.240 e. The average Bonchev–Trinajstić information content (AvgIpc) is 2.87. The van der Waals surface area contributed by atoms with Gasteiger partial charge in [0.05, 0.1) is 18.4 Å². The predicted octanol–water partition coefficient (Wildman–Crippen LogP) is 1.69. The third kappa shape index (κ3) is 3.13. The molecule has 24 heavy (non-hydrogen) atoms. The summed E-state index contributed by atoms with van der Waals surface area (Å²) in [5.74, 6) is 0.641. The minimum absolute atomic E-state index is 0.0426. The number of rotatable bonds is 5. The van der Waals surface area contributed by atoms with Gasteiger partial charge in [0.1, 0.15) is 5.75 Å². The van der Waals surface area contributed by atoms with Crippen LogP contribution >= 0.6 is 0 Å². The molecule has 1 heterocycles. The minimum Gasteiger partial charge on any atom is -0.497 e. The Morgan fingerprint density at radius 1 is 1.17 bits per heavy atom. The fraction of sp³-hybridized carbons (Fsp3) is 0.235. The molecule has 1 amide bonds. The lowest BCUT2D eigenvalue weighted by atomic mass is 10.1. The topological polar surface area (TPSA) is 75.7 Å². The van der Waals surface area contributed by atoms with E-state index in [1.807, 2.05) is 18.2 Å². The van der Waals surface area contributed by atoms with Gasteiger partial charge < -0.3 is 9.64 Å². The fourth-order valence-corrected chi connectivity index (χ4v) is 3.67. The predicted molar refractivity (Wildman–Crippen MR) is 90.6 cm³/mol. The van der Waals surface area contributed by atoms with Gasteiger partial charge in [0.2, 0.25) is 15.9 Å². The zero-order valence-electron chi connectivity index (χ0n) is 13.4. The van der Waals surface area contributed by atoms with Gasteiger partial charge in [-0.1, -0.05) is 12.1 Å². The van der Waals surface area contributed by atoms with Gasteiger partial charge >= 0.3 is 0 Å². The molecule has 2 aromatic rings. The van der Waals surface area contributed by atoms with Crippen LogP contribution in [0.1, 0.15) is 11.1 Å². The van der Waals surface area contributed by atoms with Crippen molar-refractivity contribution < 1.29 is 17.9 Å². The molecule has 126 valence electrons. The van der Waals surface area contributed by atoms with Crippen LogP contribution in [-0.4, -0.2) is 28.5 Å². The first kappa shape index (κ1) is 16.5. The van der Waals surface area contributed by atoms with Crippen molar-refractivity contribution >= 4 is 21.6 Å². The number of methoxy groups -OCH3 is 1. The van der Waals surface area contributed by atoms with E-state index in [2.05, 4.69) is 4.72 Å². The maximum Gasteiger partial charge on any atom is 0.240 e. The number of carbonyl (C=O) groups excluding carboxylic acids is 1. The normalized spacial score (nSPS) is 13.9. The SMILES string of the molecule is COc1ccc(S(=O)(=O)NCc2ccc3c(c2)CC(=O)N3C)cc1. The number of amides is 1. The highest BCUT2D eigenvalue weighted by atomic mass is 32.2. The van der Waals surface area contributed by atoms with Gasteiger partial charge in [-0.05, 0) is 41.5 Å². The van der Waals surface area contributed by atoms with Crippen LogP contribution in [0.5, 0.6) is 5.75 Å². The highest BCUT2D eigenvalue weighted by Crippen LogP contribution is 2.28. The van der Waals surface area contributed by atoms with E-state index in [9.17, 15) is 13.2 Å². The molecule has 0 aromatic heterocycles. The summed E-state index contributed by atoms with van der Waals surface area (Å²) < 4.78 is 32.3. The zero-order chi connectivity index (χ0) is 17.3. The number of nitrogens with zero attached hydrogens (tertiary/aromatic N) is 1. The van der Waals surface area contributed by atoms with E-state index >= 15 is 0 Å². The number of sulfonamides is 1. The number of carbonyl (C=O) groups is 1. The molecule has 0 saturated carbocycles. The van der Waals surface area contributed by atoms with Gasteiger partial charge in [-0.25, -0.2) is 13.1 Å². The summed E-state index contributed by atoms with van der Waals surface area (Å²) in [4.78, 5) is 13.5. The zero-order valence-corrected chi connectivity index (χ0v) is 14.3. The third-order valence-electron chi connectivity index (χ3n) is 4.06. The summed E-state index contributed by atoms with van der Waals surface area (Å²) >= 11 is 0. The summed E-state index contributed by atoms with van der Waals surface area (Å²) in [5, 5.41) is 0. The van der Waals surface area contributed by atoms with E-state index in [0.717, 1.165) is 16.8 Å². The molecule has 6 nitrogen and oxygen atoms in total. The Labute approximate surface area is 141 Å². The standard InChI is InChI=1S/C17H18N2O4S/c1-19-16-8-3-12(9-13(16)10-17(19)20)11-18-24(21,22)15-6-4-14(23-2)5-7-15/h3-9,18H,10-11H2,1-2H3. The molecule has 0 aliphatic carbocycles. The Morgan fingerprint density at radius 2 is 1.88 bits per heavy atom. The minimum atomic E-state index is -3.60. The lowest BCUT2D eigenvalue weighted by molar-refractivity contribution is -0.117. The summed E-state index contributed by atoms with van der Waals surface area (Å²) in [5.41, 5.74) is 2.61. The molecule has 0 spiro atoms. The van der Waals surface area contributed by atoms with Crippen LogP contribution in [0, 0.1) is 0 Å². The lowest BCUT2D eigenvalue weighted by Gasteiger charge is -2.11. The number of benzene rings is 2. The van der Waals surface area contributed by atoms with Crippen LogP contribution in [0.4, 0.5) is 5.69 Å². The number of anilines is 1. The third-order valence-corrected chi connectivity index (χ3v) is 5.47. The number of likely N-dealkylation sites (N-methyl/N-ethyl adjacent to an activating group) is 1. The number of hydrogen-bond acceptors (Lipinski definition) is 4. The highest BCUT2D eigenvalue weighted by Gasteiger charge is 2.24. The summed E-state index contributed by atoms with van der Waals surface area (Å²) in [6.07, 6.45) is 0.352. The summed E-state index contributed by atoms with van der Waals surface area (Å²) in [7, 11) is -0.340. The largest absolute Gasteiger partial charge is 0.497 e. The van der Waals surface area contributed by atoms with Gasteiger partial charge in [-0.2, -0.15) is 0 Å². The van der Waals surface area contributed by atoms with Crippen molar-refractivity contribution in [1.82, 2.24) is 4.72 Å². The molecule has 2 aromatic carbocycles. The van der Waals surface area contributed by atoms with Crippen LogP contribution < -0.4 is 14.4 Å². The van der Waals surface area contributed by atoms with E-state index in [4.69, 9.17) is 4.74 Å². The van der Waals surface area contributed by atoms with Gasteiger partial charge in [0.25, 0.3) is 0 Å². The highest BCUT2D eigenvalue weighted by molar-refractivity contribution is 7.89. The summed E-state index contributed by atoms with van der Waals surface area (Å²) in [6, 6.07) is 11.7. The van der Waals surface area contributed by atoms with Crippen molar-refractivity contribution in [2.75, 3.05) is 19.1 Å². The molecule has 0 saturated heterocycles. The lowest BCUT2D eigenvalue weighted by Crippen LogP contribution is -2.23.